The SMILES string of the molecule is COC(=O)c1ccc(CN(C)C(=O)c2cc[n+]([O-])cc2)cc1. The number of hydrogen-bond donors (Lipinski definition) is 0. The number of carbonyl (C=O) groups is 2. The van der Waals surface area contributed by atoms with Crippen molar-refractivity contribution in [1.29, 1.82) is 0 Å². The van der Waals surface area contributed by atoms with Crippen molar-refractivity contribution < 1.29 is 19.1 Å². The highest BCUT2D eigenvalue weighted by atomic mass is 16.5. The summed E-state index contributed by atoms with van der Waals surface area (Å²) in [5, 5.41) is 11.0. The Morgan fingerprint density at radius 3 is 2.23 bits per heavy atom. The smallest absolute Gasteiger partial charge is 0.337 e. The summed E-state index contributed by atoms with van der Waals surface area (Å²) in [5.41, 5.74) is 1.79. The summed E-state index contributed by atoms with van der Waals surface area (Å²) in [7, 11) is 3.00. The van der Waals surface area contributed by atoms with Crippen LogP contribution in [0, 0.1) is 5.21 Å². The van der Waals surface area contributed by atoms with Gasteiger partial charge < -0.3 is 14.8 Å². The van der Waals surface area contributed by atoms with Crippen molar-refractivity contribution in [3.8, 4) is 0 Å². The number of ether oxygens (including phenoxy) is 1. The Bertz CT molecular complexity index is 666. The fraction of sp³-hybridized carbons (Fsp3) is 0.188. The highest BCUT2D eigenvalue weighted by molar-refractivity contribution is 5.93. The maximum atomic E-state index is 12.2. The Kier molecular flexibility index (Phi) is 4.73. The predicted octanol–water partition coefficient (Wildman–Crippen LogP) is 1.38. The minimum atomic E-state index is -0.397. The van der Waals surface area contributed by atoms with E-state index in [1.165, 1.54) is 36.5 Å². The molecule has 2 rings (SSSR count). The summed E-state index contributed by atoms with van der Waals surface area (Å²) in [4.78, 5) is 25.1. The molecule has 22 heavy (non-hydrogen) atoms. The van der Waals surface area contributed by atoms with Gasteiger partial charge in [-0.25, -0.2) is 4.79 Å². The highest BCUT2D eigenvalue weighted by Gasteiger charge is 2.13. The average molecular weight is 300 g/mol. The largest absolute Gasteiger partial charge is 0.619 e. The second-order valence-electron chi connectivity index (χ2n) is 4.80. The molecule has 0 fully saturated rings. The van der Waals surface area contributed by atoms with Crippen LogP contribution >= 0.6 is 0 Å². The van der Waals surface area contributed by atoms with E-state index >= 15 is 0 Å². The molecule has 0 spiro atoms. The third-order valence-corrected chi connectivity index (χ3v) is 3.19. The van der Waals surface area contributed by atoms with E-state index in [0.29, 0.717) is 22.4 Å². The van der Waals surface area contributed by atoms with E-state index in [1.807, 2.05) is 0 Å². The molecule has 0 aliphatic rings. The number of nitrogens with zero attached hydrogens (tertiary/aromatic N) is 2. The normalized spacial score (nSPS) is 10.1. The quantitative estimate of drug-likeness (QED) is 0.486. The van der Waals surface area contributed by atoms with E-state index in [1.54, 1.807) is 31.3 Å². The molecule has 0 saturated heterocycles. The van der Waals surface area contributed by atoms with E-state index in [-0.39, 0.29) is 5.91 Å². The molecule has 0 bridgehead atoms. The van der Waals surface area contributed by atoms with Gasteiger partial charge in [0, 0.05) is 25.7 Å². The third kappa shape index (κ3) is 3.60. The monoisotopic (exact) mass is 300 g/mol. The summed E-state index contributed by atoms with van der Waals surface area (Å²) in [6.45, 7) is 0.395. The molecule has 0 radical (unpaired) electrons. The molecule has 2 aromatic rings. The first-order chi connectivity index (χ1) is 10.5. The van der Waals surface area contributed by atoms with Crippen molar-refractivity contribution in [2.24, 2.45) is 0 Å². The lowest BCUT2D eigenvalue weighted by Gasteiger charge is -2.17. The van der Waals surface area contributed by atoms with Crippen LogP contribution in [0.25, 0.3) is 0 Å². The summed E-state index contributed by atoms with van der Waals surface area (Å²) in [5.74, 6) is -0.580. The third-order valence-electron chi connectivity index (χ3n) is 3.19. The Hall–Kier alpha value is -2.89. The van der Waals surface area contributed by atoms with Crippen LogP contribution in [0.4, 0.5) is 0 Å². The first-order valence-corrected chi connectivity index (χ1v) is 6.63. The minimum Gasteiger partial charge on any atom is -0.619 e. The van der Waals surface area contributed by atoms with Crippen LogP contribution in [0.15, 0.2) is 48.8 Å². The van der Waals surface area contributed by atoms with Gasteiger partial charge in [-0.1, -0.05) is 12.1 Å². The van der Waals surface area contributed by atoms with Crippen molar-refractivity contribution >= 4 is 11.9 Å². The van der Waals surface area contributed by atoms with E-state index in [4.69, 9.17) is 0 Å². The van der Waals surface area contributed by atoms with Crippen molar-refractivity contribution in [1.82, 2.24) is 4.90 Å². The van der Waals surface area contributed by atoms with Crippen molar-refractivity contribution in [3.63, 3.8) is 0 Å². The van der Waals surface area contributed by atoms with Crippen LogP contribution in [0.5, 0.6) is 0 Å². The lowest BCUT2D eigenvalue weighted by atomic mass is 10.1. The second-order valence-corrected chi connectivity index (χ2v) is 4.80. The molecule has 0 aliphatic carbocycles. The molecule has 1 heterocycles. The molecule has 6 heteroatoms. The summed E-state index contributed by atoms with van der Waals surface area (Å²) >= 11 is 0. The number of pyridine rings is 1. The van der Waals surface area contributed by atoms with Gasteiger partial charge in [0.25, 0.3) is 5.91 Å². The van der Waals surface area contributed by atoms with E-state index < -0.39 is 5.97 Å². The lowest BCUT2D eigenvalue weighted by molar-refractivity contribution is -0.605. The molecule has 0 saturated carbocycles. The predicted molar refractivity (Wildman–Crippen MR) is 79.0 cm³/mol. The van der Waals surface area contributed by atoms with Gasteiger partial charge in [0.1, 0.15) is 0 Å². The van der Waals surface area contributed by atoms with Crippen LogP contribution in [0.1, 0.15) is 26.3 Å². The van der Waals surface area contributed by atoms with Crippen molar-refractivity contribution in [2.75, 3.05) is 14.2 Å². The first-order valence-electron chi connectivity index (χ1n) is 6.63. The number of amides is 1. The molecule has 0 unspecified atom stereocenters. The fourth-order valence-corrected chi connectivity index (χ4v) is 1.99. The molecular formula is C16H16N2O4. The number of rotatable bonds is 4. The number of methoxy groups -OCH3 is 1. The van der Waals surface area contributed by atoms with Crippen molar-refractivity contribution in [3.05, 3.63) is 70.7 Å². The molecule has 114 valence electrons. The zero-order chi connectivity index (χ0) is 16.1. The molecule has 0 N–H and O–H groups in total. The molecule has 1 amide bonds. The Balaban J connectivity index is 2.05. The number of carbonyl (C=O) groups excluding carboxylic acids is 2. The highest BCUT2D eigenvalue weighted by Crippen LogP contribution is 2.10. The van der Waals surface area contributed by atoms with Crippen LogP contribution in [0.3, 0.4) is 0 Å². The van der Waals surface area contributed by atoms with E-state index in [2.05, 4.69) is 4.74 Å². The Morgan fingerprint density at radius 1 is 1.09 bits per heavy atom. The summed E-state index contributed by atoms with van der Waals surface area (Å²) in [6, 6.07) is 9.81. The number of aromatic nitrogens is 1. The van der Waals surface area contributed by atoms with Gasteiger partial charge in [0.15, 0.2) is 12.4 Å². The molecule has 6 nitrogen and oxygen atoms in total. The van der Waals surface area contributed by atoms with E-state index in [9.17, 15) is 14.8 Å². The molecule has 0 aliphatic heterocycles. The zero-order valence-corrected chi connectivity index (χ0v) is 12.4. The van der Waals surface area contributed by atoms with Gasteiger partial charge in [0.2, 0.25) is 0 Å². The number of benzene rings is 1. The average Bonchev–Trinajstić information content (AvgIpc) is 2.54. The van der Waals surface area contributed by atoms with Gasteiger partial charge in [-0.05, 0) is 17.7 Å². The topological polar surface area (TPSA) is 73.5 Å². The second kappa shape index (κ2) is 6.71. The number of esters is 1. The maximum absolute atomic E-state index is 12.2. The van der Waals surface area contributed by atoms with Gasteiger partial charge in [-0.2, -0.15) is 4.73 Å². The summed E-state index contributed by atoms with van der Waals surface area (Å²) in [6.07, 6.45) is 2.57. The first kappa shape index (κ1) is 15.5. The van der Waals surface area contributed by atoms with Crippen LogP contribution in [-0.4, -0.2) is 30.9 Å². The molecule has 0 atom stereocenters. The lowest BCUT2D eigenvalue weighted by Crippen LogP contribution is -2.29. The van der Waals surface area contributed by atoms with Crippen molar-refractivity contribution in [2.45, 2.75) is 6.54 Å². The number of hydrogen-bond acceptors (Lipinski definition) is 4. The molecule has 1 aromatic carbocycles. The van der Waals surface area contributed by atoms with Crippen LogP contribution in [0.2, 0.25) is 0 Å². The molecular weight excluding hydrogens is 284 g/mol. The van der Waals surface area contributed by atoms with E-state index in [0.717, 1.165) is 5.56 Å². The van der Waals surface area contributed by atoms with Gasteiger partial charge in [-0.15, -0.1) is 0 Å². The van der Waals surface area contributed by atoms with Gasteiger partial charge in [-0.3, -0.25) is 4.79 Å². The van der Waals surface area contributed by atoms with Gasteiger partial charge in [0.05, 0.1) is 18.2 Å². The zero-order valence-electron chi connectivity index (χ0n) is 12.4. The maximum Gasteiger partial charge on any atom is 0.337 e. The summed E-state index contributed by atoms with van der Waals surface area (Å²) < 4.78 is 5.26. The minimum absolute atomic E-state index is 0.183. The Labute approximate surface area is 128 Å². The molecule has 1 aromatic heterocycles. The van der Waals surface area contributed by atoms with Crippen LogP contribution in [-0.2, 0) is 11.3 Å². The standard InChI is InChI=1S/C16H16N2O4/c1-17(15(19)13-7-9-18(21)10-8-13)11-12-3-5-14(6-4-12)16(20)22-2/h3-10H,11H2,1-2H3. The van der Waals surface area contributed by atoms with Gasteiger partial charge >= 0.3 is 5.97 Å². The Morgan fingerprint density at radius 2 is 1.68 bits per heavy atom. The fourth-order valence-electron chi connectivity index (χ4n) is 1.99. The van der Waals surface area contributed by atoms with Crippen LogP contribution < -0.4 is 4.73 Å².